The average Bonchev–Trinajstić information content (AvgIpc) is 2.58. The highest BCUT2D eigenvalue weighted by atomic mass is 32.2. The summed E-state index contributed by atoms with van der Waals surface area (Å²) in [5, 5.41) is 9.09. The molecule has 2 aromatic carbocycles. The van der Waals surface area contributed by atoms with Crippen LogP contribution in [0.5, 0.6) is 0 Å². The lowest BCUT2D eigenvalue weighted by atomic mass is 10.1. The molecule has 7 nitrogen and oxygen atoms in total. The van der Waals surface area contributed by atoms with Crippen molar-refractivity contribution in [2.75, 3.05) is 11.3 Å². The molecule has 0 aliphatic carbocycles. The molecule has 0 saturated carbocycles. The van der Waals surface area contributed by atoms with Crippen LogP contribution >= 0.6 is 0 Å². The molecule has 0 unspecified atom stereocenters. The molecule has 0 fully saturated rings. The van der Waals surface area contributed by atoms with E-state index in [4.69, 9.17) is 9.84 Å². The first-order valence-corrected chi connectivity index (χ1v) is 8.76. The molecule has 2 aromatic rings. The fraction of sp³-hybridized carbons (Fsp3) is 0.125. The Balaban J connectivity index is 2.55. The van der Waals surface area contributed by atoms with Crippen molar-refractivity contribution in [2.24, 2.45) is 0 Å². The molecular formula is C16H12F3NO6S. The lowest BCUT2D eigenvalue weighted by Gasteiger charge is -2.12. The smallest absolute Gasteiger partial charge is 0.338 e. The van der Waals surface area contributed by atoms with E-state index in [0.29, 0.717) is 6.07 Å². The molecular weight excluding hydrogens is 391 g/mol. The highest BCUT2D eigenvalue weighted by molar-refractivity contribution is 7.92. The van der Waals surface area contributed by atoms with Gasteiger partial charge < -0.3 is 9.84 Å². The molecule has 0 aliphatic rings. The molecule has 0 spiro atoms. The SMILES string of the molecule is CCOC(=O)c1cc(C(=O)O)cc(S(=O)(=O)Nc2c(F)cc(F)cc2F)c1. The summed E-state index contributed by atoms with van der Waals surface area (Å²) >= 11 is 0. The molecule has 0 heterocycles. The van der Waals surface area contributed by atoms with Crippen LogP contribution in [-0.2, 0) is 14.8 Å². The van der Waals surface area contributed by atoms with Crippen LogP contribution in [0.3, 0.4) is 0 Å². The number of rotatable bonds is 6. The number of anilines is 1. The molecule has 0 saturated heterocycles. The van der Waals surface area contributed by atoms with Gasteiger partial charge in [0.05, 0.1) is 22.6 Å². The van der Waals surface area contributed by atoms with Gasteiger partial charge in [0.15, 0.2) is 11.6 Å². The molecule has 0 amide bonds. The van der Waals surface area contributed by atoms with Crippen molar-refractivity contribution >= 4 is 27.6 Å². The van der Waals surface area contributed by atoms with E-state index in [1.165, 1.54) is 6.92 Å². The number of carboxylic acids is 1. The molecule has 0 atom stereocenters. The van der Waals surface area contributed by atoms with E-state index in [9.17, 15) is 31.2 Å². The van der Waals surface area contributed by atoms with E-state index in [-0.39, 0.29) is 18.7 Å². The Morgan fingerprint density at radius 2 is 1.59 bits per heavy atom. The monoisotopic (exact) mass is 403 g/mol. The van der Waals surface area contributed by atoms with Crippen molar-refractivity contribution in [1.82, 2.24) is 0 Å². The van der Waals surface area contributed by atoms with E-state index in [1.54, 1.807) is 4.72 Å². The van der Waals surface area contributed by atoms with Crippen molar-refractivity contribution in [1.29, 1.82) is 0 Å². The summed E-state index contributed by atoms with van der Waals surface area (Å²) in [5.41, 5.74) is -2.12. The largest absolute Gasteiger partial charge is 0.478 e. The second-order valence-corrected chi connectivity index (χ2v) is 6.80. The molecule has 2 N–H and O–H groups in total. The van der Waals surface area contributed by atoms with Crippen LogP contribution in [0.1, 0.15) is 27.6 Å². The predicted molar refractivity (Wildman–Crippen MR) is 86.5 cm³/mol. The number of esters is 1. The third-order valence-electron chi connectivity index (χ3n) is 3.22. The van der Waals surface area contributed by atoms with Crippen LogP contribution in [0.4, 0.5) is 18.9 Å². The number of carbonyl (C=O) groups is 2. The van der Waals surface area contributed by atoms with E-state index in [1.807, 2.05) is 0 Å². The van der Waals surface area contributed by atoms with Crippen molar-refractivity contribution in [2.45, 2.75) is 11.8 Å². The van der Waals surface area contributed by atoms with Crippen LogP contribution < -0.4 is 4.72 Å². The van der Waals surface area contributed by atoms with Gasteiger partial charge >= 0.3 is 11.9 Å². The Bertz CT molecular complexity index is 1000. The zero-order valence-electron chi connectivity index (χ0n) is 13.6. The average molecular weight is 403 g/mol. The first kappa shape index (κ1) is 20.2. The Morgan fingerprint density at radius 3 is 2.11 bits per heavy atom. The topological polar surface area (TPSA) is 110 Å². The number of nitrogens with one attached hydrogen (secondary N) is 1. The van der Waals surface area contributed by atoms with Gasteiger partial charge in [0.25, 0.3) is 10.0 Å². The van der Waals surface area contributed by atoms with Crippen LogP contribution in [0.15, 0.2) is 35.2 Å². The minimum Gasteiger partial charge on any atom is -0.478 e. The van der Waals surface area contributed by atoms with Gasteiger partial charge in [-0.05, 0) is 25.1 Å². The second kappa shape index (κ2) is 7.66. The molecule has 144 valence electrons. The summed E-state index contributed by atoms with van der Waals surface area (Å²) in [4.78, 5) is 22.2. The van der Waals surface area contributed by atoms with Crippen molar-refractivity contribution in [3.05, 3.63) is 58.9 Å². The number of hydrogen-bond donors (Lipinski definition) is 2. The van der Waals surface area contributed by atoms with Gasteiger partial charge in [0.2, 0.25) is 0 Å². The number of halogens is 3. The standard InChI is InChI=1S/C16H12F3NO6S/c1-2-26-16(23)9-3-8(15(21)22)4-11(5-9)27(24,25)20-14-12(18)6-10(17)7-13(14)19/h3-7,20H,2H2,1H3,(H,21,22). The molecule has 27 heavy (non-hydrogen) atoms. The number of ether oxygens (including phenoxy) is 1. The predicted octanol–water partition coefficient (Wildman–Crippen LogP) is 2.78. The fourth-order valence-corrected chi connectivity index (χ4v) is 3.19. The van der Waals surface area contributed by atoms with Crippen LogP contribution in [0.25, 0.3) is 0 Å². The minimum absolute atomic E-state index is 0.0531. The van der Waals surface area contributed by atoms with Crippen LogP contribution in [0, 0.1) is 17.5 Å². The van der Waals surface area contributed by atoms with Gasteiger partial charge in [0.1, 0.15) is 11.5 Å². The van der Waals surface area contributed by atoms with Crippen molar-refractivity contribution in [3.8, 4) is 0 Å². The second-order valence-electron chi connectivity index (χ2n) is 5.12. The summed E-state index contributed by atoms with van der Waals surface area (Å²) in [5.74, 6) is -6.83. The highest BCUT2D eigenvalue weighted by Crippen LogP contribution is 2.25. The Hall–Kier alpha value is -3.08. The zero-order chi connectivity index (χ0) is 20.4. The summed E-state index contributed by atoms with van der Waals surface area (Å²) in [7, 11) is -4.72. The lowest BCUT2D eigenvalue weighted by Crippen LogP contribution is -2.17. The first-order valence-electron chi connectivity index (χ1n) is 7.28. The number of hydrogen-bond acceptors (Lipinski definition) is 5. The van der Waals surface area contributed by atoms with Gasteiger partial charge in [-0.15, -0.1) is 0 Å². The molecule has 2 rings (SSSR count). The third-order valence-corrected chi connectivity index (χ3v) is 4.55. The number of benzene rings is 2. The quantitative estimate of drug-likeness (QED) is 0.718. The van der Waals surface area contributed by atoms with Gasteiger partial charge in [-0.25, -0.2) is 31.2 Å². The van der Waals surface area contributed by atoms with Gasteiger partial charge in [-0.1, -0.05) is 0 Å². The Kier molecular flexibility index (Phi) is 5.74. The maximum absolute atomic E-state index is 13.7. The molecule has 11 heteroatoms. The lowest BCUT2D eigenvalue weighted by molar-refractivity contribution is 0.0526. The van der Waals surface area contributed by atoms with E-state index < -0.39 is 61.1 Å². The third kappa shape index (κ3) is 4.56. The summed E-state index contributed by atoms with van der Waals surface area (Å²) in [6.07, 6.45) is 0. The van der Waals surface area contributed by atoms with E-state index >= 15 is 0 Å². The Labute approximate surface area is 151 Å². The normalized spacial score (nSPS) is 11.1. The van der Waals surface area contributed by atoms with Gasteiger partial charge in [-0.3, -0.25) is 4.72 Å². The van der Waals surface area contributed by atoms with Crippen LogP contribution in [0.2, 0.25) is 0 Å². The minimum atomic E-state index is -4.72. The molecule has 0 bridgehead atoms. The summed E-state index contributed by atoms with van der Waals surface area (Å²) in [6, 6.07) is 2.88. The van der Waals surface area contributed by atoms with Crippen LogP contribution in [-0.4, -0.2) is 32.1 Å². The maximum atomic E-state index is 13.7. The zero-order valence-corrected chi connectivity index (χ0v) is 14.4. The number of carboxylic acid groups (broad SMARTS) is 1. The summed E-state index contributed by atoms with van der Waals surface area (Å²) in [6.45, 7) is 1.43. The van der Waals surface area contributed by atoms with Gasteiger partial charge in [0, 0.05) is 12.1 Å². The first-order chi connectivity index (χ1) is 12.5. The summed E-state index contributed by atoms with van der Waals surface area (Å²) < 4.78 is 71.4. The van der Waals surface area contributed by atoms with E-state index in [0.717, 1.165) is 12.1 Å². The Morgan fingerprint density at radius 1 is 1.04 bits per heavy atom. The highest BCUT2D eigenvalue weighted by Gasteiger charge is 2.24. The maximum Gasteiger partial charge on any atom is 0.338 e. The number of sulfonamides is 1. The number of aromatic carboxylic acids is 1. The van der Waals surface area contributed by atoms with Crippen molar-refractivity contribution < 1.29 is 41.0 Å². The molecule has 0 aromatic heterocycles. The molecule has 0 aliphatic heterocycles. The van der Waals surface area contributed by atoms with Crippen molar-refractivity contribution in [3.63, 3.8) is 0 Å². The number of carbonyl (C=O) groups excluding carboxylic acids is 1. The van der Waals surface area contributed by atoms with E-state index in [2.05, 4.69) is 0 Å². The van der Waals surface area contributed by atoms with Gasteiger partial charge in [-0.2, -0.15) is 0 Å². The molecule has 0 radical (unpaired) electrons. The fourth-order valence-electron chi connectivity index (χ4n) is 2.04.